The molecule has 0 unspecified atom stereocenters. The molecule has 0 saturated carbocycles. The van der Waals surface area contributed by atoms with E-state index in [-0.39, 0.29) is 17.2 Å². The molecule has 0 aliphatic carbocycles. The molecule has 34 heavy (non-hydrogen) atoms. The van der Waals surface area contributed by atoms with Gasteiger partial charge in [0.15, 0.2) is 11.9 Å². The highest BCUT2D eigenvalue weighted by molar-refractivity contribution is 9.10. The molecule has 0 amide bonds. The highest BCUT2D eigenvalue weighted by atomic mass is 79.9. The highest BCUT2D eigenvalue weighted by Crippen LogP contribution is 2.35. The van der Waals surface area contributed by atoms with Gasteiger partial charge in [-0.15, -0.1) is 0 Å². The molecule has 0 aliphatic rings. The fourth-order valence-electron chi connectivity index (χ4n) is 3.12. The van der Waals surface area contributed by atoms with Crippen LogP contribution in [-0.2, 0) is 14.9 Å². The van der Waals surface area contributed by atoms with Gasteiger partial charge in [0, 0.05) is 9.89 Å². The van der Waals surface area contributed by atoms with Gasteiger partial charge in [0.05, 0.1) is 33.2 Å². The maximum absolute atomic E-state index is 13.3. The molecule has 0 fully saturated rings. The highest BCUT2D eigenvalue weighted by Gasteiger charge is 2.23. The Morgan fingerprint density at radius 2 is 1.97 bits per heavy atom. The number of hydrogen-bond donors (Lipinski definition) is 0. The number of halogens is 3. The van der Waals surface area contributed by atoms with E-state index >= 15 is 0 Å². The van der Waals surface area contributed by atoms with Crippen molar-refractivity contribution in [2.75, 3.05) is 6.61 Å². The number of ether oxygens (including phenoxy) is 2. The number of fused-ring (bicyclic) bond motifs is 1. The Morgan fingerprint density at radius 3 is 2.59 bits per heavy atom. The van der Waals surface area contributed by atoms with Crippen LogP contribution in [0.5, 0.6) is 5.75 Å². The Labute approximate surface area is 219 Å². The smallest absolute Gasteiger partial charge is 0.347 e. The zero-order chi connectivity index (χ0) is 25.2. The number of hydrogen-bond acceptors (Lipinski definition) is 6. The summed E-state index contributed by atoms with van der Waals surface area (Å²) in [6.07, 6.45) is 0.696. The molecule has 1 aromatic heterocycles. The lowest BCUT2D eigenvalue weighted by Gasteiger charge is -2.21. The summed E-state index contributed by atoms with van der Waals surface area (Å²) in [5.74, 6) is 0.349. The molecule has 0 aliphatic heterocycles. The number of aromatic nitrogens is 2. The molecule has 0 spiro atoms. The molecule has 10 heteroatoms. The average molecular weight is 614 g/mol. The standard InChI is InChI=1S/C24H24Br2ClN3O4/c1-6-33-22(32)13(2)34-20-17(26)9-14(10-18(20)27)12-28-30-21(31)16-11-15(25)7-8-19(16)29-23(30)24(3,4)5/h7-13H,6H2,1-5H3/t13-/m1/s1. The molecule has 0 saturated heterocycles. The van der Waals surface area contributed by atoms with Gasteiger partial charge in [-0.05, 0) is 65.7 Å². The van der Waals surface area contributed by atoms with E-state index in [9.17, 15) is 9.59 Å². The largest absolute Gasteiger partial charge is 0.476 e. The summed E-state index contributed by atoms with van der Waals surface area (Å²) in [7, 11) is 0. The van der Waals surface area contributed by atoms with Crippen molar-refractivity contribution in [2.45, 2.75) is 46.1 Å². The number of nitrogens with zero attached hydrogens (tertiary/aromatic N) is 3. The van der Waals surface area contributed by atoms with Crippen LogP contribution in [0.3, 0.4) is 0 Å². The monoisotopic (exact) mass is 611 g/mol. The van der Waals surface area contributed by atoms with E-state index in [0.29, 0.717) is 32.5 Å². The number of benzene rings is 2. The third-order valence-corrected chi connectivity index (χ3v) is 6.10. The van der Waals surface area contributed by atoms with Crippen molar-refractivity contribution in [3.8, 4) is 5.75 Å². The van der Waals surface area contributed by atoms with Crippen LogP contribution in [0.4, 0.5) is 0 Å². The van der Waals surface area contributed by atoms with Crippen molar-refractivity contribution in [3.63, 3.8) is 0 Å². The quantitative estimate of drug-likeness (QED) is 0.249. The van der Waals surface area contributed by atoms with E-state index < -0.39 is 17.5 Å². The molecule has 1 heterocycles. The Bertz CT molecular complexity index is 1310. The van der Waals surface area contributed by atoms with Gasteiger partial charge in [-0.25, -0.2) is 9.78 Å². The lowest BCUT2D eigenvalue weighted by molar-refractivity contribution is -0.150. The normalized spacial score (nSPS) is 12.8. The van der Waals surface area contributed by atoms with E-state index in [2.05, 4.69) is 37.0 Å². The maximum Gasteiger partial charge on any atom is 0.347 e. The van der Waals surface area contributed by atoms with Crippen molar-refractivity contribution in [1.82, 2.24) is 9.66 Å². The van der Waals surface area contributed by atoms with Gasteiger partial charge in [0.1, 0.15) is 5.82 Å². The fourth-order valence-corrected chi connectivity index (χ4v) is 4.44. The van der Waals surface area contributed by atoms with E-state index in [1.165, 1.54) is 10.9 Å². The Balaban J connectivity index is 2.02. The van der Waals surface area contributed by atoms with E-state index in [1.54, 1.807) is 38.1 Å². The summed E-state index contributed by atoms with van der Waals surface area (Å²) in [5, 5.41) is 5.18. The Morgan fingerprint density at radius 1 is 1.26 bits per heavy atom. The molecule has 180 valence electrons. The van der Waals surface area contributed by atoms with Crippen LogP contribution in [0.1, 0.15) is 46.0 Å². The third-order valence-electron chi connectivity index (χ3n) is 4.74. The molecule has 0 N–H and O–H groups in total. The first kappa shape index (κ1) is 26.4. The minimum absolute atomic E-state index is 0.257. The number of rotatable bonds is 6. The molecule has 1 atom stereocenters. The predicted molar refractivity (Wildman–Crippen MR) is 141 cm³/mol. The van der Waals surface area contributed by atoms with Crippen molar-refractivity contribution < 1.29 is 14.3 Å². The Kier molecular flexibility index (Phi) is 8.21. The van der Waals surface area contributed by atoms with Crippen molar-refractivity contribution >= 4 is 66.5 Å². The van der Waals surface area contributed by atoms with Crippen LogP contribution >= 0.6 is 43.5 Å². The Hall–Kier alpha value is -2.23. The molecule has 7 nitrogen and oxygen atoms in total. The van der Waals surface area contributed by atoms with Gasteiger partial charge >= 0.3 is 5.97 Å². The van der Waals surface area contributed by atoms with E-state index in [0.717, 1.165) is 4.47 Å². The first-order chi connectivity index (χ1) is 15.9. The second kappa shape index (κ2) is 10.6. The van der Waals surface area contributed by atoms with Gasteiger partial charge in [-0.3, -0.25) is 4.79 Å². The molecule has 3 aromatic rings. The van der Waals surface area contributed by atoms with Crippen LogP contribution in [0.15, 0.2) is 49.2 Å². The minimum atomic E-state index is -0.829. The molecule has 0 radical (unpaired) electrons. The summed E-state index contributed by atoms with van der Waals surface area (Å²) in [6.45, 7) is 9.47. The second-order valence-electron chi connectivity index (χ2n) is 8.53. The van der Waals surface area contributed by atoms with E-state index in [4.69, 9.17) is 26.1 Å². The average Bonchev–Trinajstić information content (AvgIpc) is 2.75. The fraction of sp³-hybridized carbons (Fsp3) is 0.333. The van der Waals surface area contributed by atoms with Crippen molar-refractivity contribution in [1.29, 1.82) is 0 Å². The SMILES string of the molecule is CCOC(=O)[C@@H](C)Oc1c(Cl)cc(C=Nn2c(C(C)(C)C)nc3ccc(Br)cc3c2=O)cc1Br. The van der Waals surface area contributed by atoms with Gasteiger partial charge in [-0.2, -0.15) is 9.78 Å². The molecule has 0 bridgehead atoms. The number of carbonyl (C=O) groups is 1. The summed E-state index contributed by atoms with van der Waals surface area (Å²) >= 11 is 13.3. The van der Waals surface area contributed by atoms with Crippen molar-refractivity contribution in [3.05, 3.63) is 66.0 Å². The first-order valence-corrected chi connectivity index (χ1v) is 12.5. The van der Waals surface area contributed by atoms with Gasteiger partial charge in [0.25, 0.3) is 5.56 Å². The molecular formula is C24H24Br2ClN3O4. The van der Waals surface area contributed by atoms with Crippen LogP contribution in [0.25, 0.3) is 10.9 Å². The lowest BCUT2D eigenvalue weighted by atomic mass is 9.95. The summed E-state index contributed by atoms with van der Waals surface area (Å²) in [5.41, 5.74) is 0.513. The zero-order valence-electron chi connectivity index (χ0n) is 19.4. The maximum atomic E-state index is 13.3. The summed E-state index contributed by atoms with van der Waals surface area (Å²) in [4.78, 5) is 29.9. The topological polar surface area (TPSA) is 82.8 Å². The van der Waals surface area contributed by atoms with Crippen LogP contribution in [-0.4, -0.2) is 34.6 Å². The zero-order valence-corrected chi connectivity index (χ0v) is 23.3. The van der Waals surface area contributed by atoms with Crippen LogP contribution < -0.4 is 10.3 Å². The number of carbonyl (C=O) groups excluding carboxylic acids is 1. The lowest BCUT2D eigenvalue weighted by Crippen LogP contribution is -2.29. The van der Waals surface area contributed by atoms with Gasteiger partial charge < -0.3 is 9.47 Å². The van der Waals surface area contributed by atoms with Gasteiger partial charge in [-0.1, -0.05) is 48.3 Å². The summed E-state index contributed by atoms with van der Waals surface area (Å²) < 4.78 is 13.3. The first-order valence-electron chi connectivity index (χ1n) is 10.5. The molecular weight excluding hydrogens is 590 g/mol. The third kappa shape index (κ3) is 5.87. The van der Waals surface area contributed by atoms with E-state index in [1.807, 2.05) is 26.8 Å². The predicted octanol–water partition coefficient (Wildman–Crippen LogP) is 6.09. The van der Waals surface area contributed by atoms with Gasteiger partial charge in [0.2, 0.25) is 0 Å². The number of esters is 1. The minimum Gasteiger partial charge on any atom is -0.476 e. The second-order valence-corrected chi connectivity index (χ2v) is 10.7. The van der Waals surface area contributed by atoms with Crippen LogP contribution in [0, 0.1) is 0 Å². The van der Waals surface area contributed by atoms with Crippen LogP contribution in [0.2, 0.25) is 5.02 Å². The van der Waals surface area contributed by atoms with Crippen molar-refractivity contribution in [2.24, 2.45) is 5.10 Å². The molecule has 2 aromatic carbocycles. The molecule has 3 rings (SSSR count). The summed E-state index contributed by atoms with van der Waals surface area (Å²) in [6, 6.07) is 8.75.